The van der Waals surface area contributed by atoms with Crippen molar-refractivity contribution in [1.29, 1.82) is 0 Å². The molecule has 0 aliphatic carbocycles. The van der Waals surface area contributed by atoms with Crippen LogP contribution < -0.4 is 21.6 Å². The van der Waals surface area contributed by atoms with Crippen LogP contribution in [-0.4, -0.2) is 22.3 Å². The number of pyridine rings is 2. The Morgan fingerprint density at radius 1 is 1.22 bits per heavy atom. The number of nitrogens with zero attached hydrogens (tertiary/aromatic N) is 2. The Kier molecular flexibility index (Phi) is 2.86. The van der Waals surface area contributed by atoms with Gasteiger partial charge in [-0.1, -0.05) is 0 Å². The van der Waals surface area contributed by atoms with Crippen molar-refractivity contribution in [3.05, 3.63) is 50.5 Å². The molecule has 6 heteroatoms. The van der Waals surface area contributed by atoms with Gasteiger partial charge in [0.15, 0.2) is 5.75 Å². The molecule has 23 heavy (non-hydrogen) atoms. The molecule has 1 aliphatic rings. The number of aryl methyl sites for hydroxylation is 2. The van der Waals surface area contributed by atoms with E-state index in [0.29, 0.717) is 24.4 Å². The summed E-state index contributed by atoms with van der Waals surface area (Å²) in [5, 5.41) is 1.86. The molecular weight excluding hydrogens is 294 g/mol. The summed E-state index contributed by atoms with van der Waals surface area (Å²) in [5.41, 5.74) is 7.93. The maximum Gasteiger partial charge on any atom is 0.251 e. The predicted molar refractivity (Wildman–Crippen MR) is 89.3 cm³/mol. The first-order valence-corrected chi connectivity index (χ1v) is 7.54. The average Bonchev–Trinajstić information content (AvgIpc) is 2.55. The van der Waals surface area contributed by atoms with E-state index in [9.17, 15) is 9.59 Å². The van der Waals surface area contributed by atoms with Crippen molar-refractivity contribution in [2.24, 2.45) is 12.8 Å². The molecule has 4 rings (SSSR count). The van der Waals surface area contributed by atoms with E-state index >= 15 is 0 Å². The third-order valence-electron chi connectivity index (χ3n) is 4.63. The van der Waals surface area contributed by atoms with Crippen molar-refractivity contribution >= 4 is 21.8 Å². The highest BCUT2D eigenvalue weighted by atomic mass is 16.5. The number of hydrogen-bond acceptors (Lipinski definition) is 4. The van der Waals surface area contributed by atoms with E-state index in [1.807, 2.05) is 13.0 Å². The molecule has 3 aromatic rings. The quantitative estimate of drug-likeness (QED) is 0.681. The highest BCUT2D eigenvalue weighted by molar-refractivity contribution is 6.03. The second kappa shape index (κ2) is 4.70. The van der Waals surface area contributed by atoms with Crippen LogP contribution in [0.15, 0.2) is 33.9 Å². The summed E-state index contributed by atoms with van der Waals surface area (Å²) in [4.78, 5) is 24.5. The number of hydrogen-bond donors (Lipinski definition) is 1. The topological polar surface area (TPSA) is 79.2 Å². The molecule has 0 spiro atoms. The Morgan fingerprint density at radius 2 is 2.00 bits per heavy atom. The number of benzene rings is 1. The molecule has 0 saturated heterocycles. The fourth-order valence-corrected chi connectivity index (χ4v) is 3.42. The molecule has 118 valence electrons. The highest BCUT2D eigenvalue weighted by Gasteiger charge is 2.26. The van der Waals surface area contributed by atoms with Gasteiger partial charge in [-0.15, -0.1) is 0 Å². The van der Waals surface area contributed by atoms with Crippen molar-refractivity contribution in [1.82, 2.24) is 9.13 Å². The molecule has 1 atom stereocenters. The molecule has 0 fully saturated rings. The molecule has 0 bridgehead atoms. The maximum atomic E-state index is 12.4. The van der Waals surface area contributed by atoms with Crippen LogP contribution in [0, 0.1) is 6.92 Å². The first-order valence-electron chi connectivity index (χ1n) is 7.54. The summed E-state index contributed by atoms with van der Waals surface area (Å²) in [6.07, 6.45) is 0. The van der Waals surface area contributed by atoms with Crippen molar-refractivity contribution in [2.45, 2.75) is 13.0 Å². The van der Waals surface area contributed by atoms with Gasteiger partial charge in [0, 0.05) is 36.5 Å². The molecule has 3 heterocycles. The summed E-state index contributed by atoms with van der Waals surface area (Å²) < 4.78 is 9.22. The van der Waals surface area contributed by atoms with Gasteiger partial charge in [-0.05, 0) is 24.6 Å². The highest BCUT2D eigenvalue weighted by Crippen LogP contribution is 2.38. The molecular formula is C17H17N3O3. The lowest BCUT2D eigenvalue weighted by molar-refractivity contribution is 0.239. The Bertz CT molecular complexity index is 1080. The van der Waals surface area contributed by atoms with E-state index in [4.69, 9.17) is 10.5 Å². The van der Waals surface area contributed by atoms with Crippen LogP contribution in [0.25, 0.3) is 21.8 Å². The molecule has 6 nitrogen and oxygen atoms in total. The molecule has 1 aliphatic heterocycles. The van der Waals surface area contributed by atoms with Crippen molar-refractivity contribution in [3.63, 3.8) is 0 Å². The minimum atomic E-state index is -0.196. The minimum Gasteiger partial charge on any atom is -0.487 e. The van der Waals surface area contributed by atoms with Gasteiger partial charge < -0.3 is 15.0 Å². The van der Waals surface area contributed by atoms with Gasteiger partial charge >= 0.3 is 0 Å². The van der Waals surface area contributed by atoms with Crippen LogP contribution >= 0.6 is 0 Å². The predicted octanol–water partition coefficient (Wildman–Crippen LogP) is 1.05. The monoisotopic (exact) mass is 311 g/mol. The van der Waals surface area contributed by atoms with Crippen LogP contribution in [0.3, 0.4) is 0 Å². The molecule has 0 saturated carbocycles. The first kappa shape index (κ1) is 14.0. The number of rotatable bonds is 1. The number of fused-ring (bicyclic) bond motifs is 2. The molecule has 0 radical (unpaired) electrons. The third-order valence-corrected chi connectivity index (χ3v) is 4.63. The van der Waals surface area contributed by atoms with E-state index in [1.54, 1.807) is 34.4 Å². The zero-order chi connectivity index (χ0) is 16.3. The Morgan fingerprint density at radius 3 is 2.74 bits per heavy atom. The number of nitrogens with two attached hydrogens (primary N) is 1. The van der Waals surface area contributed by atoms with Gasteiger partial charge in [0.1, 0.15) is 6.61 Å². The van der Waals surface area contributed by atoms with Crippen molar-refractivity contribution in [2.75, 3.05) is 13.2 Å². The number of ether oxygens (including phenoxy) is 1. The summed E-state index contributed by atoms with van der Waals surface area (Å²) in [6, 6.07) is 6.77. The zero-order valence-corrected chi connectivity index (χ0v) is 13.0. The standard InChI is InChI=1S/C17H17N3O3/c1-9-5-14(22)19(2)16-12(9)6-10-3-4-13(21)20-11(7-18)8-23-17(16)15(10)20/h3-6,11H,7-8,18H2,1-2H3. The third kappa shape index (κ3) is 1.78. The van der Waals surface area contributed by atoms with Crippen LogP contribution in [0.5, 0.6) is 5.75 Å². The molecule has 1 unspecified atom stereocenters. The lowest BCUT2D eigenvalue weighted by Crippen LogP contribution is -2.36. The Labute approximate surface area is 131 Å². The minimum absolute atomic E-state index is 0.0972. The van der Waals surface area contributed by atoms with E-state index in [1.165, 1.54) is 0 Å². The van der Waals surface area contributed by atoms with Gasteiger partial charge in [-0.25, -0.2) is 0 Å². The Hall–Kier alpha value is -2.60. The second-order valence-corrected chi connectivity index (χ2v) is 6.01. The first-order chi connectivity index (χ1) is 11.0. The van der Waals surface area contributed by atoms with Crippen LogP contribution in [0.2, 0.25) is 0 Å². The van der Waals surface area contributed by atoms with E-state index in [0.717, 1.165) is 21.9 Å². The lowest BCUT2D eigenvalue weighted by atomic mass is 10.0. The molecule has 2 aromatic heterocycles. The van der Waals surface area contributed by atoms with Crippen molar-refractivity contribution < 1.29 is 4.74 Å². The number of aromatic nitrogens is 2. The summed E-state index contributed by atoms with van der Waals surface area (Å²) in [7, 11) is 1.72. The maximum absolute atomic E-state index is 12.4. The molecule has 1 aromatic carbocycles. The van der Waals surface area contributed by atoms with Gasteiger partial charge in [-0.2, -0.15) is 0 Å². The van der Waals surface area contributed by atoms with E-state index < -0.39 is 0 Å². The van der Waals surface area contributed by atoms with Crippen LogP contribution in [-0.2, 0) is 7.05 Å². The SMILES string of the molecule is Cc1cc(=O)n(C)c2c3c4c(ccc(=O)n4C(CN)CO3)cc12. The van der Waals surface area contributed by atoms with Gasteiger partial charge in [0.25, 0.3) is 11.1 Å². The van der Waals surface area contributed by atoms with Crippen molar-refractivity contribution in [3.8, 4) is 5.75 Å². The average molecular weight is 311 g/mol. The summed E-state index contributed by atoms with van der Waals surface area (Å²) in [5.74, 6) is 0.586. The van der Waals surface area contributed by atoms with Gasteiger partial charge in [0.05, 0.1) is 17.1 Å². The zero-order valence-electron chi connectivity index (χ0n) is 13.0. The van der Waals surface area contributed by atoms with Gasteiger partial charge in [0.2, 0.25) is 0 Å². The molecule has 2 N–H and O–H groups in total. The summed E-state index contributed by atoms with van der Waals surface area (Å²) in [6.45, 7) is 2.55. The second-order valence-electron chi connectivity index (χ2n) is 6.01. The summed E-state index contributed by atoms with van der Waals surface area (Å²) >= 11 is 0. The fourth-order valence-electron chi connectivity index (χ4n) is 3.42. The largest absolute Gasteiger partial charge is 0.487 e. The van der Waals surface area contributed by atoms with E-state index in [-0.39, 0.29) is 17.2 Å². The smallest absolute Gasteiger partial charge is 0.251 e. The van der Waals surface area contributed by atoms with Crippen LogP contribution in [0.1, 0.15) is 11.6 Å². The Balaban J connectivity index is 2.32. The fraction of sp³-hybridized carbons (Fsp3) is 0.294. The van der Waals surface area contributed by atoms with Gasteiger partial charge in [-0.3, -0.25) is 14.2 Å². The van der Waals surface area contributed by atoms with E-state index in [2.05, 4.69) is 0 Å². The van der Waals surface area contributed by atoms with Crippen LogP contribution in [0.4, 0.5) is 0 Å². The molecule has 0 amide bonds. The normalized spacial score (nSPS) is 16.7. The lowest BCUT2D eigenvalue weighted by Gasteiger charge is -2.28.